The van der Waals surface area contributed by atoms with E-state index in [4.69, 9.17) is 0 Å². The molecule has 6 heteroatoms. The summed E-state index contributed by atoms with van der Waals surface area (Å²) in [4.78, 5) is 16.5. The summed E-state index contributed by atoms with van der Waals surface area (Å²) in [5.41, 5.74) is 1.74. The zero-order valence-corrected chi connectivity index (χ0v) is 14.4. The Morgan fingerprint density at radius 3 is 2.44 bits per heavy atom. The zero-order chi connectivity index (χ0) is 17.6. The first kappa shape index (κ1) is 16.8. The second-order valence-electron chi connectivity index (χ2n) is 5.81. The van der Waals surface area contributed by atoms with Gasteiger partial charge in [-0.2, -0.15) is 0 Å². The van der Waals surface area contributed by atoms with E-state index < -0.39 is 0 Å². The molecule has 0 aliphatic carbocycles. The number of amides is 1. The van der Waals surface area contributed by atoms with Crippen LogP contribution in [0.1, 0.15) is 26.7 Å². The maximum atomic E-state index is 12.1. The van der Waals surface area contributed by atoms with Crippen LogP contribution in [0.5, 0.6) is 0 Å². The standard InChI is InChI=1S/C19H21N5O/c1-3-13(4-2)19(25)22-17-11-10-16(23-24-17)21-15-9-5-7-14-8-6-12-20-18(14)15/h5-13H,3-4H2,1-2H3,(H,21,23)(H,22,24,25). The molecule has 0 aliphatic rings. The summed E-state index contributed by atoms with van der Waals surface area (Å²) in [5, 5.41) is 15.3. The third-order valence-corrected chi connectivity index (χ3v) is 4.17. The van der Waals surface area contributed by atoms with Crippen molar-refractivity contribution in [2.45, 2.75) is 26.7 Å². The lowest BCUT2D eigenvalue weighted by Gasteiger charge is -2.12. The summed E-state index contributed by atoms with van der Waals surface area (Å²) in [7, 11) is 0. The van der Waals surface area contributed by atoms with Crippen LogP contribution in [0.3, 0.4) is 0 Å². The number of anilines is 3. The van der Waals surface area contributed by atoms with Crippen LogP contribution in [0, 0.1) is 5.92 Å². The second-order valence-corrected chi connectivity index (χ2v) is 5.81. The maximum Gasteiger partial charge on any atom is 0.228 e. The van der Waals surface area contributed by atoms with Crippen molar-refractivity contribution in [2.24, 2.45) is 5.92 Å². The van der Waals surface area contributed by atoms with Crippen molar-refractivity contribution in [1.82, 2.24) is 15.2 Å². The Bertz CT molecular complexity index is 854. The Labute approximate surface area is 146 Å². The van der Waals surface area contributed by atoms with Gasteiger partial charge in [-0.25, -0.2) is 0 Å². The van der Waals surface area contributed by atoms with Gasteiger partial charge in [-0.05, 0) is 37.1 Å². The Balaban J connectivity index is 1.73. The second kappa shape index (κ2) is 7.70. The zero-order valence-electron chi connectivity index (χ0n) is 14.4. The van der Waals surface area contributed by atoms with E-state index in [1.54, 1.807) is 18.3 Å². The van der Waals surface area contributed by atoms with Crippen LogP contribution in [0.25, 0.3) is 10.9 Å². The number of carbonyl (C=O) groups excluding carboxylic acids is 1. The summed E-state index contributed by atoms with van der Waals surface area (Å²) in [6.07, 6.45) is 3.38. The van der Waals surface area contributed by atoms with Gasteiger partial charge in [-0.3, -0.25) is 9.78 Å². The van der Waals surface area contributed by atoms with E-state index in [1.165, 1.54) is 0 Å². The molecule has 6 nitrogen and oxygen atoms in total. The van der Waals surface area contributed by atoms with Crippen molar-refractivity contribution in [3.05, 3.63) is 48.7 Å². The van der Waals surface area contributed by atoms with Crippen molar-refractivity contribution in [2.75, 3.05) is 10.6 Å². The topological polar surface area (TPSA) is 79.8 Å². The van der Waals surface area contributed by atoms with Crippen LogP contribution in [0.2, 0.25) is 0 Å². The first-order valence-electron chi connectivity index (χ1n) is 8.46. The number of para-hydroxylation sites is 1. The highest BCUT2D eigenvalue weighted by Crippen LogP contribution is 2.23. The number of rotatable bonds is 6. The first-order valence-corrected chi connectivity index (χ1v) is 8.46. The van der Waals surface area contributed by atoms with Crippen LogP contribution >= 0.6 is 0 Å². The highest BCUT2D eigenvalue weighted by molar-refractivity contribution is 5.92. The highest BCUT2D eigenvalue weighted by atomic mass is 16.1. The highest BCUT2D eigenvalue weighted by Gasteiger charge is 2.14. The van der Waals surface area contributed by atoms with Crippen LogP contribution in [-0.2, 0) is 4.79 Å². The Hall–Kier alpha value is -3.02. The molecule has 0 fully saturated rings. The number of aromatic nitrogens is 3. The van der Waals surface area contributed by atoms with Crippen molar-refractivity contribution in [3.8, 4) is 0 Å². The van der Waals surface area contributed by atoms with Gasteiger partial charge in [-0.15, -0.1) is 10.2 Å². The van der Waals surface area contributed by atoms with Crippen LogP contribution in [0.4, 0.5) is 17.3 Å². The van der Waals surface area contributed by atoms with Gasteiger partial charge in [0.25, 0.3) is 0 Å². The number of nitrogens with zero attached hydrogens (tertiary/aromatic N) is 3. The molecule has 2 N–H and O–H groups in total. The number of hydrogen-bond donors (Lipinski definition) is 2. The molecule has 25 heavy (non-hydrogen) atoms. The number of fused-ring (bicyclic) bond motifs is 1. The quantitative estimate of drug-likeness (QED) is 0.707. The van der Waals surface area contributed by atoms with Gasteiger partial charge in [0.15, 0.2) is 11.6 Å². The summed E-state index contributed by atoms with van der Waals surface area (Å²) in [6.45, 7) is 4.01. The molecule has 3 rings (SSSR count). The fraction of sp³-hybridized carbons (Fsp3) is 0.263. The lowest BCUT2D eigenvalue weighted by atomic mass is 10.0. The molecular formula is C19H21N5O. The van der Waals surface area contributed by atoms with Crippen molar-refractivity contribution in [1.29, 1.82) is 0 Å². The van der Waals surface area contributed by atoms with E-state index in [-0.39, 0.29) is 11.8 Å². The molecule has 3 aromatic rings. The summed E-state index contributed by atoms with van der Waals surface area (Å²) < 4.78 is 0. The molecule has 0 radical (unpaired) electrons. The molecule has 0 saturated carbocycles. The van der Waals surface area contributed by atoms with E-state index in [0.29, 0.717) is 11.6 Å². The van der Waals surface area contributed by atoms with Crippen LogP contribution in [-0.4, -0.2) is 21.1 Å². The predicted octanol–water partition coefficient (Wildman–Crippen LogP) is 4.14. The van der Waals surface area contributed by atoms with Crippen molar-refractivity contribution < 1.29 is 4.79 Å². The summed E-state index contributed by atoms with van der Waals surface area (Å²) in [5.74, 6) is 1.04. The molecule has 2 heterocycles. The van der Waals surface area contributed by atoms with Gasteiger partial charge in [0.2, 0.25) is 5.91 Å². The molecule has 0 bridgehead atoms. The first-order chi connectivity index (χ1) is 12.2. The smallest absolute Gasteiger partial charge is 0.228 e. The SMILES string of the molecule is CCC(CC)C(=O)Nc1ccc(Nc2cccc3cccnc23)nn1. The molecule has 1 aromatic carbocycles. The minimum Gasteiger partial charge on any atom is -0.337 e. The number of nitrogens with one attached hydrogen (secondary N) is 2. The third-order valence-electron chi connectivity index (χ3n) is 4.17. The Morgan fingerprint density at radius 1 is 1.00 bits per heavy atom. The van der Waals surface area contributed by atoms with Gasteiger partial charge in [0.05, 0.1) is 11.2 Å². The van der Waals surface area contributed by atoms with Crippen molar-refractivity contribution in [3.63, 3.8) is 0 Å². The third kappa shape index (κ3) is 3.91. The fourth-order valence-corrected chi connectivity index (χ4v) is 2.70. The summed E-state index contributed by atoms with van der Waals surface area (Å²) >= 11 is 0. The minimum absolute atomic E-state index is 0.00126. The van der Waals surface area contributed by atoms with Crippen molar-refractivity contribution >= 4 is 34.1 Å². The molecule has 0 aliphatic heterocycles. The van der Waals surface area contributed by atoms with E-state index in [1.807, 2.05) is 44.2 Å². The largest absolute Gasteiger partial charge is 0.337 e. The molecule has 0 saturated heterocycles. The minimum atomic E-state index is -0.0155. The van der Waals surface area contributed by atoms with Gasteiger partial charge in [-0.1, -0.05) is 32.0 Å². The average molecular weight is 335 g/mol. The molecule has 0 unspecified atom stereocenters. The van der Waals surface area contributed by atoms with Gasteiger partial charge >= 0.3 is 0 Å². The molecule has 0 atom stereocenters. The Kier molecular flexibility index (Phi) is 5.18. The lowest BCUT2D eigenvalue weighted by molar-refractivity contribution is -0.120. The van der Waals surface area contributed by atoms with Gasteiger partial charge in [0.1, 0.15) is 0 Å². The number of benzene rings is 1. The average Bonchev–Trinajstić information content (AvgIpc) is 2.65. The fourth-order valence-electron chi connectivity index (χ4n) is 2.70. The molecule has 128 valence electrons. The predicted molar refractivity (Wildman–Crippen MR) is 99.8 cm³/mol. The lowest BCUT2D eigenvalue weighted by Crippen LogP contribution is -2.22. The maximum absolute atomic E-state index is 12.1. The van der Waals surface area contributed by atoms with E-state index in [0.717, 1.165) is 29.4 Å². The monoisotopic (exact) mass is 335 g/mol. The van der Waals surface area contributed by atoms with E-state index >= 15 is 0 Å². The van der Waals surface area contributed by atoms with E-state index in [9.17, 15) is 4.79 Å². The van der Waals surface area contributed by atoms with Gasteiger partial charge < -0.3 is 10.6 Å². The number of carbonyl (C=O) groups is 1. The molecule has 1 amide bonds. The number of hydrogen-bond acceptors (Lipinski definition) is 5. The normalized spacial score (nSPS) is 10.8. The Morgan fingerprint density at radius 2 is 1.72 bits per heavy atom. The molecule has 0 spiro atoms. The number of pyridine rings is 1. The molecule has 2 aromatic heterocycles. The van der Waals surface area contributed by atoms with Crippen LogP contribution < -0.4 is 10.6 Å². The summed E-state index contributed by atoms with van der Waals surface area (Å²) in [6, 6.07) is 13.4. The van der Waals surface area contributed by atoms with Gasteiger partial charge in [0, 0.05) is 17.5 Å². The molecular weight excluding hydrogens is 314 g/mol. The van der Waals surface area contributed by atoms with Crippen LogP contribution in [0.15, 0.2) is 48.7 Å². The van der Waals surface area contributed by atoms with E-state index in [2.05, 4.69) is 25.8 Å².